The van der Waals surface area contributed by atoms with E-state index in [4.69, 9.17) is 5.73 Å². The number of ether oxygens (including phenoxy) is 1. The molecule has 0 aliphatic rings. The molecule has 1 rings (SSSR count). The van der Waals surface area contributed by atoms with Crippen LogP contribution in [0.15, 0.2) is 11.0 Å². The Balaban J connectivity index is 3.28. The van der Waals surface area contributed by atoms with Gasteiger partial charge in [0, 0.05) is 24.0 Å². The lowest BCUT2D eigenvalue weighted by Gasteiger charge is -2.08. The maximum atomic E-state index is 12.5. The van der Waals surface area contributed by atoms with Crippen LogP contribution in [0.5, 0.6) is 0 Å². The highest BCUT2D eigenvalue weighted by molar-refractivity contribution is 5.72. The van der Waals surface area contributed by atoms with Crippen LogP contribution < -0.4 is 11.2 Å². The average Bonchev–Trinajstić information content (AvgIpc) is 2.30. The molecule has 17 heavy (non-hydrogen) atoms. The maximum absolute atomic E-state index is 12.5. The molecule has 0 radical (unpaired) electrons. The number of rotatable bonds is 4. The lowest BCUT2D eigenvalue weighted by atomic mass is 10.1. The van der Waals surface area contributed by atoms with Crippen LogP contribution in [0.25, 0.3) is 0 Å². The Morgan fingerprint density at radius 3 is 2.71 bits per heavy atom. The number of alkyl halides is 2. The van der Waals surface area contributed by atoms with Crippen molar-refractivity contribution in [2.45, 2.75) is 19.4 Å². The van der Waals surface area contributed by atoms with Gasteiger partial charge in [0.1, 0.15) is 0 Å². The summed E-state index contributed by atoms with van der Waals surface area (Å²) in [6, 6.07) is 0. The molecular weight excluding hydrogens is 234 g/mol. The van der Waals surface area contributed by atoms with E-state index in [9.17, 15) is 18.4 Å². The monoisotopic (exact) mass is 246 g/mol. The first-order valence-corrected chi connectivity index (χ1v) is 4.79. The molecule has 0 fully saturated rings. The van der Waals surface area contributed by atoms with Crippen LogP contribution in [0.3, 0.4) is 0 Å². The first-order valence-electron chi connectivity index (χ1n) is 4.79. The molecule has 7 heteroatoms. The second-order valence-electron chi connectivity index (χ2n) is 3.29. The minimum atomic E-state index is -2.90. The maximum Gasteiger partial charge on any atom is 0.310 e. The van der Waals surface area contributed by atoms with Gasteiger partial charge in [-0.2, -0.15) is 0 Å². The van der Waals surface area contributed by atoms with Gasteiger partial charge in [0.2, 0.25) is 0 Å². The van der Waals surface area contributed by atoms with Crippen molar-refractivity contribution < 1.29 is 18.3 Å². The number of nitrogens with two attached hydrogens (primary N) is 1. The third kappa shape index (κ3) is 2.88. The molecule has 1 aromatic rings. The normalized spacial score (nSPS) is 10.6. The van der Waals surface area contributed by atoms with E-state index in [0.717, 1.165) is 13.3 Å². The summed E-state index contributed by atoms with van der Waals surface area (Å²) in [5, 5.41) is 0. The van der Waals surface area contributed by atoms with Gasteiger partial charge < -0.3 is 15.5 Å². The lowest BCUT2D eigenvalue weighted by molar-refractivity contribution is -0.139. The highest BCUT2D eigenvalue weighted by atomic mass is 19.3. The third-order valence-electron chi connectivity index (χ3n) is 2.29. The van der Waals surface area contributed by atoms with Crippen LogP contribution in [-0.4, -0.2) is 18.1 Å². The van der Waals surface area contributed by atoms with E-state index in [1.54, 1.807) is 0 Å². The zero-order valence-corrected chi connectivity index (χ0v) is 9.13. The molecule has 94 valence electrons. The minimum Gasteiger partial charge on any atom is -0.469 e. The molecule has 0 spiro atoms. The minimum absolute atomic E-state index is 0.0505. The fourth-order valence-electron chi connectivity index (χ4n) is 1.38. The van der Waals surface area contributed by atoms with E-state index < -0.39 is 23.4 Å². The Kier molecular flexibility index (Phi) is 4.33. The predicted molar refractivity (Wildman–Crippen MR) is 55.6 cm³/mol. The van der Waals surface area contributed by atoms with E-state index in [-0.39, 0.29) is 24.2 Å². The number of nitrogens with one attached hydrogen (secondary N) is 1. The smallest absolute Gasteiger partial charge is 0.310 e. The molecule has 1 aromatic heterocycles. The molecule has 0 aromatic carbocycles. The number of methoxy groups -OCH3 is 1. The predicted octanol–water partition coefficient (Wildman–Crippen LogP) is 0.487. The van der Waals surface area contributed by atoms with Gasteiger partial charge in [0.25, 0.3) is 6.43 Å². The number of hydrogen-bond acceptors (Lipinski definition) is 4. The summed E-state index contributed by atoms with van der Waals surface area (Å²) in [6.45, 7) is -0.0505. The van der Waals surface area contributed by atoms with Gasteiger partial charge in [-0.15, -0.1) is 0 Å². The van der Waals surface area contributed by atoms with Gasteiger partial charge in [-0.25, -0.2) is 8.78 Å². The summed E-state index contributed by atoms with van der Waals surface area (Å²) in [4.78, 5) is 25.3. The van der Waals surface area contributed by atoms with Crippen molar-refractivity contribution in [1.82, 2.24) is 4.98 Å². The molecule has 0 bridgehead atoms. The molecule has 3 N–H and O–H groups in total. The Labute approximate surface area is 95.6 Å². The summed E-state index contributed by atoms with van der Waals surface area (Å²) in [7, 11) is 1.15. The van der Waals surface area contributed by atoms with Gasteiger partial charge in [-0.1, -0.05) is 0 Å². The van der Waals surface area contributed by atoms with Gasteiger partial charge in [0.15, 0.2) is 5.43 Å². The van der Waals surface area contributed by atoms with E-state index in [2.05, 4.69) is 9.72 Å². The Morgan fingerprint density at radius 1 is 1.59 bits per heavy atom. The van der Waals surface area contributed by atoms with Crippen LogP contribution in [-0.2, 0) is 22.5 Å². The number of aromatic nitrogens is 1. The van der Waals surface area contributed by atoms with Crippen molar-refractivity contribution in [2.75, 3.05) is 7.11 Å². The third-order valence-corrected chi connectivity index (χ3v) is 2.29. The molecule has 1 heterocycles. The van der Waals surface area contributed by atoms with Gasteiger partial charge >= 0.3 is 5.97 Å². The standard InChI is InChI=1S/C10H12F2N2O3/c1-17-8(15)2-5-7(3-13)14-4-6(9(5)16)10(11)12/h4,10H,2-3,13H2,1H3,(H,14,16). The van der Waals surface area contributed by atoms with Crippen LogP contribution in [0.1, 0.15) is 23.2 Å². The second kappa shape index (κ2) is 5.53. The van der Waals surface area contributed by atoms with Crippen molar-refractivity contribution in [3.8, 4) is 0 Å². The topological polar surface area (TPSA) is 85.2 Å². The van der Waals surface area contributed by atoms with Crippen LogP contribution in [0.4, 0.5) is 8.78 Å². The quantitative estimate of drug-likeness (QED) is 0.757. The van der Waals surface area contributed by atoms with Crippen molar-refractivity contribution in [2.24, 2.45) is 5.73 Å². The number of halogens is 2. The molecule has 0 saturated heterocycles. The summed E-state index contributed by atoms with van der Waals surface area (Å²) in [5.41, 5.74) is 3.99. The molecule has 0 unspecified atom stereocenters. The number of esters is 1. The van der Waals surface area contributed by atoms with E-state index in [0.29, 0.717) is 0 Å². The zero-order chi connectivity index (χ0) is 13.0. The van der Waals surface area contributed by atoms with Crippen LogP contribution in [0, 0.1) is 0 Å². The summed E-state index contributed by atoms with van der Waals surface area (Å²) >= 11 is 0. The summed E-state index contributed by atoms with van der Waals surface area (Å²) in [5.74, 6) is -0.684. The Hall–Kier alpha value is -1.76. The molecule has 0 saturated carbocycles. The first kappa shape index (κ1) is 13.3. The number of aromatic amines is 1. The number of hydrogen-bond donors (Lipinski definition) is 2. The van der Waals surface area contributed by atoms with Gasteiger partial charge in [0.05, 0.1) is 19.1 Å². The molecule has 5 nitrogen and oxygen atoms in total. The molecule has 0 atom stereocenters. The van der Waals surface area contributed by atoms with Crippen LogP contribution >= 0.6 is 0 Å². The summed E-state index contributed by atoms with van der Waals surface area (Å²) in [6.07, 6.45) is -2.36. The average molecular weight is 246 g/mol. The molecule has 0 amide bonds. The number of H-pyrrole nitrogens is 1. The van der Waals surface area contributed by atoms with Gasteiger partial charge in [-0.05, 0) is 0 Å². The lowest BCUT2D eigenvalue weighted by Crippen LogP contribution is -2.23. The van der Waals surface area contributed by atoms with Crippen molar-refractivity contribution in [3.05, 3.63) is 33.2 Å². The largest absolute Gasteiger partial charge is 0.469 e. The number of pyridine rings is 1. The van der Waals surface area contributed by atoms with Crippen molar-refractivity contribution >= 4 is 5.97 Å². The fourth-order valence-corrected chi connectivity index (χ4v) is 1.38. The van der Waals surface area contributed by atoms with E-state index in [1.165, 1.54) is 0 Å². The molecule has 0 aliphatic carbocycles. The SMILES string of the molecule is COC(=O)Cc1c(CN)[nH]cc(C(F)F)c1=O. The number of carbonyl (C=O) groups excluding carboxylic acids is 1. The second-order valence-corrected chi connectivity index (χ2v) is 3.29. The van der Waals surface area contributed by atoms with E-state index in [1.807, 2.05) is 0 Å². The highest BCUT2D eigenvalue weighted by Crippen LogP contribution is 2.15. The Bertz CT molecular complexity index is 471. The number of carbonyl (C=O) groups is 1. The highest BCUT2D eigenvalue weighted by Gasteiger charge is 2.19. The Morgan fingerprint density at radius 2 is 2.24 bits per heavy atom. The van der Waals surface area contributed by atoms with E-state index >= 15 is 0 Å². The molecule has 0 aliphatic heterocycles. The first-order chi connectivity index (χ1) is 8.01. The van der Waals surface area contributed by atoms with Crippen molar-refractivity contribution in [3.63, 3.8) is 0 Å². The fraction of sp³-hybridized carbons (Fsp3) is 0.400. The zero-order valence-electron chi connectivity index (χ0n) is 9.13. The summed E-state index contributed by atoms with van der Waals surface area (Å²) < 4.78 is 29.4. The van der Waals surface area contributed by atoms with Crippen LogP contribution in [0.2, 0.25) is 0 Å². The molecular formula is C10H12F2N2O3. The van der Waals surface area contributed by atoms with Gasteiger partial charge in [-0.3, -0.25) is 9.59 Å². The van der Waals surface area contributed by atoms with Crippen molar-refractivity contribution in [1.29, 1.82) is 0 Å².